The molecule has 37 heavy (non-hydrogen) atoms. The van der Waals surface area contributed by atoms with Gasteiger partial charge in [0, 0.05) is 34.0 Å². The van der Waals surface area contributed by atoms with Crippen molar-refractivity contribution in [2.45, 2.75) is 52.8 Å². The lowest BCUT2D eigenvalue weighted by atomic mass is 9.96. The summed E-state index contributed by atoms with van der Waals surface area (Å²) in [5, 5.41) is 4.95. The molecule has 2 aromatic carbocycles. The fourth-order valence-electron chi connectivity index (χ4n) is 5.19. The Kier molecular flexibility index (Phi) is 6.97. The lowest BCUT2D eigenvalue weighted by molar-refractivity contribution is 0.242. The molecule has 0 saturated carbocycles. The fourth-order valence-corrected chi connectivity index (χ4v) is 5.70. The zero-order valence-electron chi connectivity index (χ0n) is 21.7. The molecule has 1 fully saturated rings. The van der Waals surface area contributed by atoms with E-state index in [-0.39, 0.29) is 18.2 Å². The highest BCUT2D eigenvalue weighted by atomic mass is 35.5. The zero-order chi connectivity index (χ0) is 26.3. The van der Waals surface area contributed by atoms with Gasteiger partial charge in [0.2, 0.25) is 0 Å². The normalized spacial score (nSPS) is 17.4. The maximum Gasteiger partial charge on any atom is 0.174 e. The predicted octanol–water partition coefficient (Wildman–Crippen LogP) is 7.42. The van der Waals surface area contributed by atoms with Gasteiger partial charge < -0.3 is 19.5 Å². The van der Waals surface area contributed by atoms with Crippen LogP contribution in [0.2, 0.25) is 5.02 Å². The van der Waals surface area contributed by atoms with Crippen LogP contribution in [0.3, 0.4) is 0 Å². The third-order valence-electron chi connectivity index (χ3n) is 6.79. The van der Waals surface area contributed by atoms with Crippen molar-refractivity contribution in [2.24, 2.45) is 0 Å². The molecule has 0 amide bonds. The van der Waals surface area contributed by atoms with Gasteiger partial charge in [-0.3, -0.25) is 4.98 Å². The molecule has 2 aromatic heterocycles. The Morgan fingerprint density at radius 2 is 1.76 bits per heavy atom. The summed E-state index contributed by atoms with van der Waals surface area (Å²) >= 11 is 12.3. The number of thiocarbonyl (C=S) groups is 1. The third kappa shape index (κ3) is 4.83. The van der Waals surface area contributed by atoms with Crippen LogP contribution in [0, 0.1) is 20.8 Å². The van der Waals surface area contributed by atoms with E-state index >= 15 is 0 Å². The van der Waals surface area contributed by atoms with E-state index in [1.165, 1.54) is 5.56 Å². The Labute approximate surface area is 229 Å². The van der Waals surface area contributed by atoms with E-state index in [0.717, 1.165) is 44.8 Å². The van der Waals surface area contributed by atoms with Crippen LogP contribution in [0.1, 0.15) is 54.1 Å². The summed E-state index contributed by atoms with van der Waals surface area (Å²) in [6, 6.07) is 22.2. The van der Waals surface area contributed by atoms with Crippen LogP contribution >= 0.6 is 23.8 Å². The number of ether oxygens (including phenoxy) is 1. The van der Waals surface area contributed by atoms with Gasteiger partial charge >= 0.3 is 0 Å². The number of rotatable bonds is 6. The second-order valence-corrected chi connectivity index (χ2v) is 10.6. The molecule has 0 spiro atoms. The van der Waals surface area contributed by atoms with E-state index in [0.29, 0.717) is 5.11 Å². The third-order valence-corrected chi connectivity index (χ3v) is 7.34. The van der Waals surface area contributed by atoms with Gasteiger partial charge in [0.05, 0.1) is 23.9 Å². The Balaban J connectivity index is 1.64. The number of anilines is 1. The van der Waals surface area contributed by atoms with Crippen molar-refractivity contribution >= 4 is 34.6 Å². The highest BCUT2D eigenvalue weighted by Crippen LogP contribution is 2.44. The molecule has 2 atom stereocenters. The Hall–Kier alpha value is -3.35. The van der Waals surface area contributed by atoms with Gasteiger partial charge in [0.15, 0.2) is 5.11 Å². The standard InChI is InChI=1S/C30H31ClN4OS/c1-18(2)36-24-13-11-23(12-14-24)35-29(28(33-30(35)37)26-8-6-7-15-32-26)25-16-20(4)34(21(25)5)27-17-22(31)10-9-19(27)3/h6-18,28-29H,1-5H3,(H,33,37)/t28-,29-/m1/s1. The number of halogens is 1. The van der Waals surface area contributed by atoms with Crippen LogP contribution < -0.4 is 15.0 Å². The van der Waals surface area contributed by atoms with Crippen molar-refractivity contribution in [1.29, 1.82) is 0 Å². The minimum absolute atomic E-state index is 0.0984. The largest absolute Gasteiger partial charge is 0.491 e. The first kappa shape index (κ1) is 25.3. The van der Waals surface area contributed by atoms with E-state index < -0.39 is 0 Å². The molecular weight excluding hydrogens is 500 g/mol. The molecule has 0 bridgehead atoms. The van der Waals surface area contributed by atoms with Crippen LogP contribution in [-0.2, 0) is 0 Å². The highest BCUT2D eigenvalue weighted by Gasteiger charge is 2.42. The van der Waals surface area contributed by atoms with E-state index in [1.807, 2.05) is 56.4 Å². The molecular formula is C30H31ClN4OS. The van der Waals surface area contributed by atoms with Crippen molar-refractivity contribution in [2.75, 3.05) is 4.90 Å². The summed E-state index contributed by atoms with van der Waals surface area (Å²) in [4.78, 5) is 6.89. The monoisotopic (exact) mass is 530 g/mol. The molecule has 3 heterocycles. The molecule has 5 rings (SSSR count). The molecule has 0 radical (unpaired) electrons. The average molecular weight is 531 g/mol. The van der Waals surface area contributed by atoms with Crippen LogP contribution in [0.5, 0.6) is 5.75 Å². The second kappa shape index (κ2) is 10.2. The van der Waals surface area contributed by atoms with Crippen molar-refractivity contribution in [3.63, 3.8) is 0 Å². The SMILES string of the molecule is Cc1ccc(Cl)cc1-n1c(C)cc([C@@H]2[C@@H](c3ccccn3)NC(=S)N2c2ccc(OC(C)C)cc2)c1C. The number of aryl methyl sites for hydroxylation is 2. The van der Waals surface area contributed by atoms with Gasteiger partial charge in [0.25, 0.3) is 0 Å². The van der Waals surface area contributed by atoms with E-state index in [4.69, 9.17) is 33.5 Å². The quantitative estimate of drug-likeness (QED) is 0.263. The molecule has 190 valence electrons. The van der Waals surface area contributed by atoms with Crippen molar-refractivity contribution in [3.8, 4) is 11.4 Å². The van der Waals surface area contributed by atoms with Crippen molar-refractivity contribution in [1.82, 2.24) is 14.9 Å². The smallest absolute Gasteiger partial charge is 0.174 e. The van der Waals surface area contributed by atoms with Gasteiger partial charge in [-0.05, 0) is 113 Å². The number of nitrogens with one attached hydrogen (secondary N) is 1. The topological polar surface area (TPSA) is 42.3 Å². The number of nitrogens with zero attached hydrogens (tertiary/aromatic N) is 3. The molecule has 1 saturated heterocycles. The number of pyridine rings is 1. The molecule has 1 aliphatic rings. The minimum atomic E-state index is -0.116. The summed E-state index contributed by atoms with van der Waals surface area (Å²) in [7, 11) is 0. The summed E-state index contributed by atoms with van der Waals surface area (Å²) in [5.74, 6) is 0.837. The van der Waals surface area contributed by atoms with E-state index in [2.05, 4.69) is 65.9 Å². The maximum atomic E-state index is 6.41. The molecule has 4 aromatic rings. The molecule has 0 aliphatic carbocycles. The first-order valence-electron chi connectivity index (χ1n) is 12.5. The maximum absolute atomic E-state index is 6.41. The minimum Gasteiger partial charge on any atom is -0.491 e. The Morgan fingerprint density at radius 3 is 2.43 bits per heavy atom. The van der Waals surface area contributed by atoms with Crippen molar-refractivity contribution < 1.29 is 4.74 Å². The van der Waals surface area contributed by atoms with Crippen LogP contribution in [0.25, 0.3) is 5.69 Å². The first-order valence-corrected chi connectivity index (χ1v) is 13.3. The molecule has 5 nitrogen and oxygen atoms in total. The molecule has 0 unspecified atom stereocenters. The second-order valence-electron chi connectivity index (χ2n) is 9.75. The van der Waals surface area contributed by atoms with Crippen LogP contribution in [-0.4, -0.2) is 20.8 Å². The van der Waals surface area contributed by atoms with Crippen LogP contribution in [0.4, 0.5) is 5.69 Å². The van der Waals surface area contributed by atoms with Gasteiger partial charge in [-0.15, -0.1) is 0 Å². The van der Waals surface area contributed by atoms with Crippen LogP contribution in [0.15, 0.2) is 72.9 Å². The Morgan fingerprint density at radius 1 is 1.00 bits per heavy atom. The average Bonchev–Trinajstić information content (AvgIpc) is 3.36. The summed E-state index contributed by atoms with van der Waals surface area (Å²) in [5.41, 5.74) is 7.65. The number of hydrogen-bond acceptors (Lipinski definition) is 3. The van der Waals surface area contributed by atoms with Gasteiger partial charge in [0.1, 0.15) is 5.75 Å². The van der Waals surface area contributed by atoms with Gasteiger partial charge in [-0.2, -0.15) is 0 Å². The molecule has 7 heteroatoms. The number of benzene rings is 2. The lowest BCUT2D eigenvalue weighted by Gasteiger charge is -2.28. The Bertz CT molecular complexity index is 1430. The number of hydrogen-bond donors (Lipinski definition) is 1. The van der Waals surface area contributed by atoms with Crippen molar-refractivity contribution in [3.05, 3.63) is 106 Å². The fraction of sp³-hybridized carbons (Fsp3) is 0.267. The van der Waals surface area contributed by atoms with Gasteiger partial charge in [-0.1, -0.05) is 23.7 Å². The first-order chi connectivity index (χ1) is 17.7. The van der Waals surface area contributed by atoms with Gasteiger partial charge in [-0.25, -0.2) is 0 Å². The summed E-state index contributed by atoms with van der Waals surface area (Å²) in [6.45, 7) is 10.5. The van der Waals surface area contributed by atoms with E-state index in [1.54, 1.807) is 0 Å². The molecule has 1 N–H and O–H groups in total. The summed E-state index contributed by atoms with van der Waals surface area (Å²) < 4.78 is 8.16. The zero-order valence-corrected chi connectivity index (χ0v) is 23.3. The summed E-state index contributed by atoms with van der Waals surface area (Å²) in [6.07, 6.45) is 1.94. The lowest BCUT2D eigenvalue weighted by Crippen LogP contribution is -2.29. The number of aromatic nitrogens is 2. The van der Waals surface area contributed by atoms with E-state index in [9.17, 15) is 0 Å². The predicted molar refractivity (Wildman–Crippen MR) is 155 cm³/mol. The highest BCUT2D eigenvalue weighted by molar-refractivity contribution is 7.80. The molecule has 1 aliphatic heterocycles.